The van der Waals surface area contributed by atoms with Crippen LogP contribution in [0, 0.1) is 0 Å². The summed E-state index contributed by atoms with van der Waals surface area (Å²) >= 11 is 0. The van der Waals surface area contributed by atoms with Crippen LogP contribution in [0.4, 0.5) is 9.59 Å². The van der Waals surface area contributed by atoms with E-state index in [-0.39, 0.29) is 31.8 Å². The number of hydrogen-bond donors (Lipinski definition) is 2. The molecule has 1 fully saturated rings. The van der Waals surface area contributed by atoms with Gasteiger partial charge in [-0.3, -0.25) is 0 Å². The van der Waals surface area contributed by atoms with Crippen LogP contribution in [-0.2, 0) is 16.1 Å². The monoisotopic (exact) mass is 350 g/mol. The van der Waals surface area contributed by atoms with Gasteiger partial charge in [0.1, 0.15) is 12.2 Å². The summed E-state index contributed by atoms with van der Waals surface area (Å²) in [6.45, 7) is 5.60. The van der Waals surface area contributed by atoms with Gasteiger partial charge in [-0.15, -0.1) is 0 Å². The number of nitrogens with zero attached hydrogens (tertiary/aromatic N) is 1. The Labute approximate surface area is 147 Å². The lowest BCUT2D eigenvalue weighted by Crippen LogP contribution is -2.42. The minimum atomic E-state index is -0.590. The van der Waals surface area contributed by atoms with Crippen molar-refractivity contribution in [3.63, 3.8) is 0 Å². The maximum Gasteiger partial charge on any atom is 0.410 e. The Morgan fingerprint density at radius 2 is 1.96 bits per heavy atom. The Hall–Kier alpha value is -2.28. The first kappa shape index (κ1) is 19.1. The molecule has 1 heterocycles. The molecule has 0 spiro atoms. The van der Waals surface area contributed by atoms with E-state index in [0.29, 0.717) is 6.42 Å². The van der Waals surface area contributed by atoms with Gasteiger partial charge in [0.05, 0.1) is 18.7 Å². The Balaban J connectivity index is 1.87. The van der Waals surface area contributed by atoms with Crippen molar-refractivity contribution >= 4 is 12.2 Å². The largest absolute Gasteiger partial charge is 0.445 e. The second-order valence-electron chi connectivity index (χ2n) is 7.11. The summed E-state index contributed by atoms with van der Waals surface area (Å²) in [6.07, 6.45) is -0.582. The molecular formula is C18H26N2O5. The number of carbonyl (C=O) groups is 2. The molecule has 2 amide bonds. The molecule has 0 saturated carbocycles. The Morgan fingerprint density at radius 1 is 1.28 bits per heavy atom. The molecule has 0 unspecified atom stereocenters. The van der Waals surface area contributed by atoms with E-state index in [1.807, 2.05) is 30.3 Å². The molecule has 25 heavy (non-hydrogen) atoms. The van der Waals surface area contributed by atoms with Gasteiger partial charge in [-0.25, -0.2) is 9.59 Å². The van der Waals surface area contributed by atoms with Crippen molar-refractivity contribution in [3.05, 3.63) is 35.9 Å². The van der Waals surface area contributed by atoms with E-state index in [4.69, 9.17) is 9.47 Å². The molecule has 0 radical (unpaired) electrons. The Kier molecular flexibility index (Phi) is 6.25. The summed E-state index contributed by atoms with van der Waals surface area (Å²) in [5.74, 6) is 0. The second-order valence-corrected chi connectivity index (χ2v) is 7.11. The second kappa shape index (κ2) is 8.20. The average Bonchev–Trinajstić information content (AvgIpc) is 2.94. The number of rotatable bonds is 4. The molecule has 138 valence electrons. The highest BCUT2D eigenvalue weighted by atomic mass is 16.6. The van der Waals surface area contributed by atoms with E-state index >= 15 is 0 Å². The maximum atomic E-state index is 12.3. The number of likely N-dealkylation sites (tertiary alicyclic amines) is 1. The number of nitrogens with one attached hydrogen (secondary N) is 1. The first-order valence-corrected chi connectivity index (χ1v) is 8.36. The van der Waals surface area contributed by atoms with Crippen molar-refractivity contribution < 1.29 is 24.2 Å². The van der Waals surface area contributed by atoms with Gasteiger partial charge >= 0.3 is 12.2 Å². The van der Waals surface area contributed by atoms with Crippen LogP contribution in [-0.4, -0.2) is 53.0 Å². The van der Waals surface area contributed by atoms with Crippen LogP contribution in [0.1, 0.15) is 32.8 Å². The molecule has 0 bridgehead atoms. The van der Waals surface area contributed by atoms with E-state index in [2.05, 4.69) is 5.32 Å². The number of benzene rings is 1. The average molecular weight is 350 g/mol. The van der Waals surface area contributed by atoms with Crippen molar-refractivity contribution in [2.24, 2.45) is 0 Å². The molecule has 1 aliphatic heterocycles. The molecule has 1 aliphatic rings. The van der Waals surface area contributed by atoms with E-state index in [9.17, 15) is 14.7 Å². The fraction of sp³-hybridized carbons (Fsp3) is 0.556. The van der Waals surface area contributed by atoms with Gasteiger partial charge in [-0.1, -0.05) is 30.3 Å². The molecular weight excluding hydrogens is 324 g/mol. The minimum absolute atomic E-state index is 0.165. The summed E-state index contributed by atoms with van der Waals surface area (Å²) in [6, 6.07) is 8.70. The highest BCUT2D eigenvalue weighted by Gasteiger charge is 2.37. The quantitative estimate of drug-likeness (QED) is 0.870. The predicted molar refractivity (Wildman–Crippen MR) is 92.0 cm³/mol. The summed E-state index contributed by atoms with van der Waals surface area (Å²) in [7, 11) is 0. The van der Waals surface area contributed by atoms with Gasteiger partial charge in [-0.05, 0) is 32.8 Å². The lowest BCUT2D eigenvalue weighted by atomic mass is 10.2. The summed E-state index contributed by atoms with van der Waals surface area (Å²) in [5, 5.41) is 12.3. The van der Waals surface area contributed by atoms with Crippen molar-refractivity contribution in [2.45, 2.75) is 51.5 Å². The van der Waals surface area contributed by atoms with E-state index < -0.39 is 17.8 Å². The topological polar surface area (TPSA) is 88.1 Å². The predicted octanol–water partition coefficient (Wildman–Crippen LogP) is 2.28. The van der Waals surface area contributed by atoms with Gasteiger partial charge in [0.2, 0.25) is 0 Å². The normalized spacial score (nSPS) is 20.2. The zero-order valence-corrected chi connectivity index (χ0v) is 14.9. The number of ether oxygens (including phenoxy) is 2. The van der Waals surface area contributed by atoms with Crippen molar-refractivity contribution in [1.29, 1.82) is 0 Å². The SMILES string of the molecule is CC(C)(C)OC(=O)N[C@H]1C[C@@H](CO)N(C(=O)OCc2ccccc2)C1. The highest BCUT2D eigenvalue weighted by Crippen LogP contribution is 2.20. The Bertz CT molecular complexity index is 585. The molecule has 0 aromatic heterocycles. The number of aliphatic hydroxyl groups is 1. The van der Waals surface area contributed by atoms with Crippen LogP contribution in [0.3, 0.4) is 0 Å². The first-order valence-electron chi connectivity index (χ1n) is 8.36. The fourth-order valence-electron chi connectivity index (χ4n) is 2.69. The summed E-state index contributed by atoms with van der Waals surface area (Å²) in [4.78, 5) is 25.6. The number of aliphatic hydroxyl groups excluding tert-OH is 1. The van der Waals surface area contributed by atoms with Crippen LogP contribution in [0.2, 0.25) is 0 Å². The molecule has 2 atom stereocenters. The molecule has 1 aromatic carbocycles. The van der Waals surface area contributed by atoms with Crippen LogP contribution < -0.4 is 5.32 Å². The molecule has 0 aliphatic carbocycles. The molecule has 7 nitrogen and oxygen atoms in total. The molecule has 1 aromatic rings. The number of alkyl carbamates (subject to hydrolysis) is 1. The number of carbonyl (C=O) groups excluding carboxylic acids is 2. The third-order valence-corrected chi connectivity index (χ3v) is 3.79. The van der Waals surface area contributed by atoms with E-state index in [1.165, 1.54) is 4.90 Å². The summed E-state index contributed by atoms with van der Waals surface area (Å²) in [5.41, 5.74) is 0.298. The van der Waals surface area contributed by atoms with Gasteiger partial charge in [0.25, 0.3) is 0 Å². The zero-order valence-electron chi connectivity index (χ0n) is 14.9. The van der Waals surface area contributed by atoms with Gasteiger partial charge in [0, 0.05) is 6.54 Å². The van der Waals surface area contributed by atoms with Crippen LogP contribution in [0.5, 0.6) is 0 Å². The highest BCUT2D eigenvalue weighted by molar-refractivity contribution is 5.70. The lowest BCUT2D eigenvalue weighted by molar-refractivity contribution is 0.0502. The molecule has 2 N–H and O–H groups in total. The standard InChI is InChI=1S/C18H26N2O5/c1-18(2,3)25-16(22)19-14-9-15(11-21)20(10-14)17(23)24-12-13-7-5-4-6-8-13/h4-8,14-15,21H,9-12H2,1-3H3,(H,19,22)/t14-,15-/m0/s1. The minimum Gasteiger partial charge on any atom is -0.445 e. The van der Waals surface area contributed by atoms with Crippen molar-refractivity contribution in [2.75, 3.05) is 13.2 Å². The number of hydrogen-bond acceptors (Lipinski definition) is 5. The van der Waals surface area contributed by atoms with Gasteiger partial charge in [0.15, 0.2) is 0 Å². The van der Waals surface area contributed by atoms with Crippen molar-refractivity contribution in [1.82, 2.24) is 10.2 Å². The molecule has 2 rings (SSSR count). The lowest BCUT2D eigenvalue weighted by Gasteiger charge is -2.22. The van der Waals surface area contributed by atoms with Crippen LogP contribution in [0.15, 0.2) is 30.3 Å². The zero-order chi connectivity index (χ0) is 18.4. The molecule has 7 heteroatoms. The van der Waals surface area contributed by atoms with E-state index in [1.54, 1.807) is 20.8 Å². The van der Waals surface area contributed by atoms with Gasteiger partial charge < -0.3 is 24.8 Å². The fourth-order valence-corrected chi connectivity index (χ4v) is 2.69. The van der Waals surface area contributed by atoms with Crippen LogP contribution >= 0.6 is 0 Å². The summed E-state index contributed by atoms with van der Waals surface area (Å²) < 4.78 is 10.5. The van der Waals surface area contributed by atoms with Gasteiger partial charge in [-0.2, -0.15) is 0 Å². The van der Waals surface area contributed by atoms with E-state index in [0.717, 1.165) is 5.56 Å². The van der Waals surface area contributed by atoms with Crippen molar-refractivity contribution in [3.8, 4) is 0 Å². The third kappa shape index (κ3) is 5.94. The number of amides is 2. The Morgan fingerprint density at radius 3 is 2.56 bits per heavy atom. The smallest absolute Gasteiger partial charge is 0.410 e. The first-order chi connectivity index (χ1) is 11.8. The maximum absolute atomic E-state index is 12.3. The third-order valence-electron chi connectivity index (χ3n) is 3.79. The van der Waals surface area contributed by atoms with Crippen LogP contribution in [0.25, 0.3) is 0 Å². The molecule has 1 saturated heterocycles.